The van der Waals surface area contributed by atoms with Crippen molar-refractivity contribution in [3.8, 4) is 0 Å². The molecule has 0 spiro atoms. The van der Waals surface area contributed by atoms with Crippen LogP contribution in [0, 0.1) is 0 Å². The number of amides is 1. The molecule has 2 rings (SSSR count). The molecule has 0 saturated carbocycles. The molecule has 1 N–H and O–H groups in total. The summed E-state index contributed by atoms with van der Waals surface area (Å²) in [4.78, 5) is 18.4. The lowest BCUT2D eigenvalue weighted by atomic mass is 10.1. The van der Waals surface area contributed by atoms with Crippen molar-refractivity contribution in [2.75, 3.05) is 31.6 Å². The standard InChI is InChI=1S/C15H23N3O2/c1-3-16-12-5-6-14(17-11-12)15(19)18-9-7-13(8-10-18)20-4-2/h5-6,11,13,16H,3-4,7-10H2,1-2H3. The number of rotatable bonds is 5. The van der Waals surface area contributed by atoms with E-state index in [1.165, 1.54) is 0 Å². The van der Waals surface area contributed by atoms with Gasteiger partial charge < -0.3 is 15.0 Å². The van der Waals surface area contributed by atoms with Crippen LogP contribution in [0.25, 0.3) is 0 Å². The summed E-state index contributed by atoms with van der Waals surface area (Å²) in [6.45, 7) is 7.13. The van der Waals surface area contributed by atoms with Crippen LogP contribution in [-0.4, -0.2) is 48.1 Å². The minimum absolute atomic E-state index is 0.0167. The van der Waals surface area contributed by atoms with Crippen molar-refractivity contribution < 1.29 is 9.53 Å². The van der Waals surface area contributed by atoms with E-state index < -0.39 is 0 Å². The lowest BCUT2D eigenvalue weighted by Crippen LogP contribution is -2.41. The lowest BCUT2D eigenvalue weighted by molar-refractivity contribution is 0.0144. The van der Waals surface area contributed by atoms with E-state index in [1.807, 2.05) is 24.8 Å². The number of nitrogens with zero attached hydrogens (tertiary/aromatic N) is 2. The number of hydrogen-bond acceptors (Lipinski definition) is 4. The Labute approximate surface area is 120 Å². The summed E-state index contributed by atoms with van der Waals surface area (Å²) in [6.07, 6.45) is 3.83. The molecule has 5 nitrogen and oxygen atoms in total. The van der Waals surface area contributed by atoms with Crippen molar-refractivity contribution in [1.82, 2.24) is 9.88 Å². The third-order valence-corrected chi connectivity index (χ3v) is 3.50. The van der Waals surface area contributed by atoms with Crippen LogP contribution >= 0.6 is 0 Å². The van der Waals surface area contributed by atoms with E-state index in [0.29, 0.717) is 11.8 Å². The second kappa shape index (κ2) is 7.24. The average Bonchev–Trinajstić information content (AvgIpc) is 2.49. The van der Waals surface area contributed by atoms with Gasteiger partial charge in [0.25, 0.3) is 5.91 Å². The van der Waals surface area contributed by atoms with Crippen LogP contribution in [0.3, 0.4) is 0 Å². The number of hydrogen-bond donors (Lipinski definition) is 1. The number of piperidine rings is 1. The second-order valence-corrected chi connectivity index (χ2v) is 4.91. The van der Waals surface area contributed by atoms with Gasteiger partial charge in [0, 0.05) is 26.2 Å². The molecule has 0 radical (unpaired) electrons. The van der Waals surface area contributed by atoms with Crippen molar-refractivity contribution in [2.24, 2.45) is 0 Å². The molecule has 0 atom stereocenters. The number of anilines is 1. The minimum Gasteiger partial charge on any atom is -0.384 e. The average molecular weight is 277 g/mol. The summed E-state index contributed by atoms with van der Waals surface area (Å²) >= 11 is 0. The topological polar surface area (TPSA) is 54.5 Å². The second-order valence-electron chi connectivity index (χ2n) is 4.91. The van der Waals surface area contributed by atoms with E-state index in [1.54, 1.807) is 12.3 Å². The van der Waals surface area contributed by atoms with Crippen molar-refractivity contribution >= 4 is 11.6 Å². The van der Waals surface area contributed by atoms with Crippen LogP contribution in [0.5, 0.6) is 0 Å². The zero-order valence-corrected chi connectivity index (χ0v) is 12.3. The van der Waals surface area contributed by atoms with E-state index >= 15 is 0 Å². The van der Waals surface area contributed by atoms with Crippen molar-refractivity contribution in [2.45, 2.75) is 32.8 Å². The molecule has 0 aliphatic carbocycles. The molecule has 0 bridgehead atoms. The molecule has 0 aromatic carbocycles. The number of carbonyl (C=O) groups is 1. The molecule has 1 aromatic rings. The molecule has 20 heavy (non-hydrogen) atoms. The molecule has 2 heterocycles. The molecule has 5 heteroatoms. The monoisotopic (exact) mass is 277 g/mol. The molecule has 0 unspecified atom stereocenters. The molecular weight excluding hydrogens is 254 g/mol. The highest BCUT2D eigenvalue weighted by molar-refractivity contribution is 5.92. The fourth-order valence-corrected chi connectivity index (χ4v) is 2.45. The zero-order chi connectivity index (χ0) is 14.4. The first kappa shape index (κ1) is 14.8. The van der Waals surface area contributed by atoms with E-state index in [-0.39, 0.29) is 5.91 Å². The fourth-order valence-electron chi connectivity index (χ4n) is 2.45. The Hall–Kier alpha value is -1.62. The first-order valence-corrected chi connectivity index (χ1v) is 7.35. The number of aromatic nitrogens is 1. The summed E-state index contributed by atoms with van der Waals surface area (Å²) in [5, 5.41) is 3.17. The predicted molar refractivity (Wildman–Crippen MR) is 79.0 cm³/mol. The minimum atomic E-state index is 0.0167. The Morgan fingerprint density at radius 3 is 2.70 bits per heavy atom. The maximum absolute atomic E-state index is 12.3. The van der Waals surface area contributed by atoms with Gasteiger partial charge in [-0.1, -0.05) is 0 Å². The summed E-state index contributed by atoms with van der Waals surface area (Å²) in [5.41, 5.74) is 1.46. The summed E-state index contributed by atoms with van der Waals surface area (Å²) in [6, 6.07) is 3.69. The van der Waals surface area contributed by atoms with Crippen LogP contribution in [0.1, 0.15) is 37.2 Å². The zero-order valence-electron chi connectivity index (χ0n) is 12.3. The Balaban J connectivity index is 1.91. The smallest absolute Gasteiger partial charge is 0.272 e. The summed E-state index contributed by atoms with van der Waals surface area (Å²) in [5.74, 6) is 0.0167. The molecule has 1 aromatic heterocycles. The third kappa shape index (κ3) is 3.70. The van der Waals surface area contributed by atoms with Crippen molar-refractivity contribution in [1.29, 1.82) is 0 Å². The Morgan fingerprint density at radius 1 is 1.40 bits per heavy atom. The highest BCUT2D eigenvalue weighted by Gasteiger charge is 2.24. The van der Waals surface area contributed by atoms with Gasteiger partial charge in [0.05, 0.1) is 18.0 Å². The Morgan fingerprint density at radius 2 is 2.15 bits per heavy atom. The highest BCUT2D eigenvalue weighted by Crippen LogP contribution is 2.16. The highest BCUT2D eigenvalue weighted by atomic mass is 16.5. The quantitative estimate of drug-likeness (QED) is 0.896. The molecular formula is C15H23N3O2. The molecule has 1 aliphatic rings. The van der Waals surface area contributed by atoms with Crippen LogP contribution in [0.2, 0.25) is 0 Å². The maximum atomic E-state index is 12.3. The van der Waals surface area contributed by atoms with Gasteiger partial charge in [0.2, 0.25) is 0 Å². The Bertz CT molecular complexity index is 425. The van der Waals surface area contributed by atoms with Gasteiger partial charge in [0.15, 0.2) is 0 Å². The summed E-state index contributed by atoms with van der Waals surface area (Å²) < 4.78 is 5.60. The van der Waals surface area contributed by atoms with Gasteiger partial charge in [-0.25, -0.2) is 4.98 Å². The first-order chi connectivity index (χ1) is 9.74. The number of likely N-dealkylation sites (tertiary alicyclic amines) is 1. The molecule has 1 aliphatic heterocycles. The largest absolute Gasteiger partial charge is 0.384 e. The van der Waals surface area contributed by atoms with Gasteiger partial charge in [-0.3, -0.25) is 4.79 Å². The molecule has 1 fully saturated rings. The lowest BCUT2D eigenvalue weighted by Gasteiger charge is -2.31. The third-order valence-electron chi connectivity index (χ3n) is 3.50. The molecule has 110 valence electrons. The van der Waals surface area contributed by atoms with Crippen LogP contribution < -0.4 is 5.32 Å². The van der Waals surface area contributed by atoms with Gasteiger partial charge in [-0.05, 0) is 38.8 Å². The molecule has 1 amide bonds. The van der Waals surface area contributed by atoms with Gasteiger partial charge in [0.1, 0.15) is 5.69 Å². The SMILES string of the molecule is CCNc1ccc(C(=O)N2CCC(OCC)CC2)nc1. The van der Waals surface area contributed by atoms with Crippen LogP contribution in [0.15, 0.2) is 18.3 Å². The molecule has 1 saturated heterocycles. The van der Waals surface area contributed by atoms with E-state index in [0.717, 1.165) is 44.8 Å². The number of carbonyl (C=O) groups excluding carboxylic acids is 1. The van der Waals surface area contributed by atoms with Gasteiger partial charge in [-0.2, -0.15) is 0 Å². The van der Waals surface area contributed by atoms with E-state index in [2.05, 4.69) is 10.3 Å². The van der Waals surface area contributed by atoms with Gasteiger partial charge in [-0.15, -0.1) is 0 Å². The maximum Gasteiger partial charge on any atom is 0.272 e. The van der Waals surface area contributed by atoms with Crippen LogP contribution in [-0.2, 0) is 4.74 Å². The number of nitrogens with one attached hydrogen (secondary N) is 1. The summed E-state index contributed by atoms with van der Waals surface area (Å²) in [7, 11) is 0. The number of pyridine rings is 1. The fraction of sp³-hybridized carbons (Fsp3) is 0.600. The predicted octanol–water partition coefficient (Wildman–Crippen LogP) is 2.15. The normalized spacial score (nSPS) is 16.2. The first-order valence-electron chi connectivity index (χ1n) is 7.35. The Kier molecular flexibility index (Phi) is 5.35. The van der Waals surface area contributed by atoms with Gasteiger partial charge >= 0.3 is 0 Å². The van der Waals surface area contributed by atoms with E-state index in [4.69, 9.17) is 4.74 Å². The van der Waals surface area contributed by atoms with Crippen molar-refractivity contribution in [3.63, 3.8) is 0 Å². The van der Waals surface area contributed by atoms with Crippen molar-refractivity contribution in [3.05, 3.63) is 24.0 Å². The number of ether oxygens (including phenoxy) is 1. The van der Waals surface area contributed by atoms with Crippen LogP contribution in [0.4, 0.5) is 5.69 Å². The van der Waals surface area contributed by atoms with E-state index in [9.17, 15) is 4.79 Å².